The largest absolute Gasteiger partial charge is 0.506 e. The predicted molar refractivity (Wildman–Crippen MR) is 101 cm³/mol. The molecule has 3 aromatic rings. The first-order valence-electron chi connectivity index (χ1n) is 7.78. The average molecular weight is 356 g/mol. The van der Waals surface area contributed by atoms with Crippen molar-refractivity contribution in [1.82, 2.24) is 9.78 Å². The van der Waals surface area contributed by atoms with Gasteiger partial charge in [0, 0.05) is 16.9 Å². The van der Waals surface area contributed by atoms with Crippen LogP contribution in [0.15, 0.2) is 46.2 Å². The molecule has 3 rings (SSSR count). The number of hydrogen-bond donors (Lipinski definition) is 2. The predicted octanol–water partition coefficient (Wildman–Crippen LogP) is 4.20. The summed E-state index contributed by atoms with van der Waals surface area (Å²) < 4.78 is 1.50. The average Bonchev–Trinajstić information content (AvgIpc) is 2.83. The number of aryl methyl sites for hydroxylation is 3. The molecule has 5 nitrogen and oxygen atoms in total. The first kappa shape index (κ1) is 17.0. The van der Waals surface area contributed by atoms with Gasteiger partial charge < -0.3 is 5.11 Å². The van der Waals surface area contributed by atoms with Crippen molar-refractivity contribution >= 4 is 23.5 Å². The third-order valence-electron chi connectivity index (χ3n) is 3.98. The van der Waals surface area contributed by atoms with Gasteiger partial charge in [-0.05, 0) is 50.6 Å². The van der Waals surface area contributed by atoms with Gasteiger partial charge >= 0.3 is 0 Å². The number of aromatic amines is 1. The number of H-pyrrole nitrogens is 1. The molecule has 0 radical (unpaired) electrons. The second kappa shape index (κ2) is 6.61. The molecule has 0 unspecified atom stereocenters. The lowest BCUT2D eigenvalue weighted by Gasteiger charge is -2.06. The van der Waals surface area contributed by atoms with E-state index in [1.807, 2.05) is 32.0 Å². The highest BCUT2D eigenvalue weighted by Gasteiger charge is 2.12. The summed E-state index contributed by atoms with van der Waals surface area (Å²) in [5.41, 5.74) is 4.16. The van der Waals surface area contributed by atoms with Crippen molar-refractivity contribution in [2.75, 3.05) is 0 Å². The number of nitrogens with zero attached hydrogens (tertiary/aromatic N) is 2. The molecule has 0 spiro atoms. The Labute approximate surface area is 150 Å². The highest BCUT2D eigenvalue weighted by Crippen LogP contribution is 2.29. The number of aromatic nitrogens is 2. The van der Waals surface area contributed by atoms with E-state index in [2.05, 4.69) is 10.1 Å². The topological polar surface area (TPSA) is 70.4 Å². The lowest BCUT2D eigenvalue weighted by Crippen LogP contribution is -2.18. The molecule has 0 amide bonds. The summed E-state index contributed by atoms with van der Waals surface area (Å²) in [6, 6.07) is 10.5. The Balaban J connectivity index is 2.04. The van der Waals surface area contributed by atoms with Gasteiger partial charge in [0.25, 0.3) is 5.56 Å². The van der Waals surface area contributed by atoms with Gasteiger partial charge in [0.05, 0.1) is 11.3 Å². The summed E-state index contributed by atoms with van der Waals surface area (Å²) in [7, 11) is 0. The Kier molecular flexibility index (Phi) is 4.51. The molecule has 2 N–H and O–H groups in total. The van der Waals surface area contributed by atoms with E-state index in [4.69, 9.17) is 11.6 Å². The van der Waals surface area contributed by atoms with Gasteiger partial charge in [0.2, 0.25) is 0 Å². The number of rotatable bonds is 3. The molecule has 25 heavy (non-hydrogen) atoms. The van der Waals surface area contributed by atoms with Crippen molar-refractivity contribution in [2.24, 2.45) is 4.99 Å². The molecular weight excluding hydrogens is 338 g/mol. The Hall–Kier alpha value is -2.79. The summed E-state index contributed by atoms with van der Waals surface area (Å²) >= 11 is 5.92. The van der Waals surface area contributed by atoms with Crippen LogP contribution in [-0.4, -0.2) is 21.1 Å². The normalized spacial score (nSPS) is 11.4. The highest BCUT2D eigenvalue weighted by atomic mass is 35.5. The fourth-order valence-electron chi connectivity index (χ4n) is 2.67. The van der Waals surface area contributed by atoms with Gasteiger partial charge in [-0.3, -0.25) is 14.9 Å². The molecule has 0 aliphatic rings. The van der Waals surface area contributed by atoms with Gasteiger partial charge in [-0.2, -0.15) is 0 Å². The third-order valence-corrected chi connectivity index (χ3v) is 4.22. The van der Waals surface area contributed by atoms with Crippen LogP contribution in [0.2, 0.25) is 5.02 Å². The third kappa shape index (κ3) is 3.37. The van der Waals surface area contributed by atoms with E-state index in [1.165, 1.54) is 23.0 Å². The SMILES string of the molecule is Cc1ccc(-n2[nH]c(C)c(C=Nc3cc(Cl)ccc3O)c2=O)c(C)c1. The number of hydrogen-bond acceptors (Lipinski definition) is 3. The number of benzene rings is 2. The van der Waals surface area contributed by atoms with E-state index < -0.39 is 0 Å². The highest BCUT2D eigenvalue weighted by molar-refractivity contribution is 6.30. The van der Waals surface area contributed by atoms with Crippen LogP contribution in [0.5, 0.6) is 5.75 Å². The van der Waals surface area contributed by atoms with Crippen LogP contribution < -0.4 is 5.56 Å². The summed E-state index contributed by atoms with van der Waals surface area (Å²) in [4.78, 5) is 17.0. The number of aromatic hydroxyl groups is 1. The van der Waals surface area contributed by atoms with Crippen molar-refractivity contribution in [3.63, 3.8) is 0 Å². The molecule has 0 aliphatic carbocycles. The van der Waals surface area contributed by atoms with E-state index in [0.717, 1.165) is 16.8 Å². The maximum Gasteiger partial charge on any atom is 0.280 e. The zero-order valence-electron chi connectivity index (χ0n) is 14.2. The van der Waals surface area contributed by atoms with E-state index in [-0.39, 0.29) is 11.3 Å². The molecule has 6 heteroatoms. The van der Waals surface area contributed by atoms with E-state index in [1.54, 1.807) is 13.0 Å². The van der Waals surface area contributed by atoms with E-state index >= 15 is 0 Å². The summed E-state index contributed by atoms with van der Waals surface area (Å²) in [5.74, 6) is 0.00328. The summed E-state index contributed by atoms with van der Waals surface area (Å²) in [6.07, 6.45) is 1.44. The minimum Gasteiger partial charge on any atom is -0.506 e. The second-order valence-electron chi connectivity index (χ2n) is 5.97. The summed E-state index contributed by atoms with van der Waals surface area (Å²) in [6.45, 7) is 5.78. The standard InChI is InChI=1S/C19H18ClN3O2/c1-11-4-6-17(12(2)8-11)23-19(25)15(13(3)22-23)10-21-16-9-14(20)5-7-18(16)24/h4-10,22,24H,1-3H3. The molecule has 0 fully saturated rings. The lowest BCUT2D eigenvalue weighted by molar-refractivity contribution is 0.477. The number of phenols is 1. The summed E-state index contributed by atoms with van der Waals surface area (Å²) in [5, 5.41) is 13.4. The minimum absolute atomic E-state index is 0.00328. The van der Waals surface area contributed by atoms with E-state index in [9.17, 15) is 9.90 Å². The van der Waals surface area contributed by atoms with Crippen molar-refractivity contribution in [3.8, 4) is 11.4 Å². The Morgan fingerprint density at radius 1 is 1.16 bits per heavy atom. The van der Waals surface area contributed by atoms with Crippen LogP contribution in [-0.2, 0) is 0 Å². The van der Waals surface area contributed by atoms with Crippen LogP contribution in [0.25, 0.3) is 5.69 Å². The fourth-order valence-corrected chi connectivity index (χ4v) is 2.84. The molecule has 128 valence electrons. The number of aliphatic imine (C=N–C) groups is 1. The maximum absolute atomic E-state index is 12.8. The zero-order chi connectivity index (χ0) is 18.1. The molecule has 2 aromatic carbocycles. The Bertz CT molecular complexity index is 1030. The molecule has 0 saturated carbocycles. The van der Waals surface area contributed by atoms with E-state index in [0.29, 0.717) is 22.0 Å². The first-order valence-corrected chi connectivity index (χ1v) is 8.16. The van der Waals surface area contributed by atoms with Gasteiger partial charge in [0.1, 0.15) is 11.4 Å². The second-order valence-corrected chi connectivity index (χ2v) is 6.41. The number of phenolic OH excluding ortho intramolecular Hbond substituents is 1. The molecule has 1 aromatic heterocycles. The minimum atomic E-state index is -0.199. The monoisotopic (exact) mass is 355 g/mol. The first-order chi connectivity index (χ1) is 11.9. The molecular formula is C19H18ClN3O2. The van der Waals surface area contributed by atoms with Crippen molar-refractivity contribution < 1.29 is 5.11 Å². The molecule has 0 aliphatic heterocycles. The fraction of sp³-hybridized carbons (Fsp3) is 0.158. The van der Waals surface area contributed by atoms with Crippen LogP contribution in [0.3, 0.4) is 0 Å². The molecule has 1 heterocycles. The van der Waals surface area contributed by atoms with Crippen LogP contribution in [0.4, 0.5) is 5.69 Å². The number of halogens is 1. The van der Waals surface area contributed by atoms with Gasteiger partial charge in [-0.15, -0.1) is 0 Å². The molecule has 0 saturated heterocycles. The van der Waals surface area contributed by atoms with Gasteiger partial charge in [-0.1, -0.05) is 29.3 Å². The van der Waals surface area contributed by atoms with Crippen molar-refractivity contribution in [1.29, 1.82) is 0 Å². The Morgan fingerprint density at radius 2 is 1.92 bits per heavy atom. The van der Waals surface area contributed by atoms with Gasteiger partial charge in [-0.25, -0.2) is 4.68 Å². The van der Waals surface area contributed by atoms with Crippen molar-refractivity contribution in [2.45, 2.75) is 20.8 Å². The molecule has 0 bridgehead atoms. The maximum atomic E-state index is 12.8. The Morgan fingerprint density at radius 3 is 2.64 bits per heavy atom. The van der Waals surface area contributed by atoms with Crippen LogP contribution >= 0.6 is 11.6 Å². The zero-order valence-corrected chi connectivity index (χ0v) is 14.9. The van der Waals surface area contributed by atoms with Gasteiger partial charge in [0.15, 0.2) is 0 Å². The molecule has 0 atom stereocenters. The lowest BCUT2D eigenvalue weighted by atomic mass is 10.1. The number of nitrogens with one attached hydrogen (secondary N) is 1. The van der Waals surface area contributed by atoms with Crippen molar-refractivity contribution in [3.05, 3.63) is 74.2 Å². The smallest absolute Gasteiger partial charge is 0.280 e. The van der Waals surface area contributed by atoms with Crippen LogP contribution in [0.1, 0.15) is 22.4 Å². The quantitative estimate of drug-likeness (QED) is 0.691. The van der Waals surface area contributed by atoms with Crippen LogP contribution in [0, 0.1) is 20.8 Å².